The topological polar surface area (TPSA) is 84.9 Å². The number of nitrogens with one attached hydrogen (secondary N) is 1. The van der Waals surface area contributed by atoms with E-state index in [1.807, 2.05) is 13.8 Å². The molecule has 9 heteroatoms. The minimum atomic E-state index is -3.76. The number of methoxy groups -OCH3 is 1. The van der Waals surface area contributed by atoms with E-state index in [2.05, 4.69) is 5.32 Å². The lowest BCUT2D eigenvalue weighted by Gasteiger charge is -2.24. The Kier molecular flexibility index (Phi) is 7.15. The van der Waals surface area contributed by atoms with E-state index >= 15 is 0 Å². The first-order valence-electron chi connectivity index (χ1n) is 8.48. The molecule has 152 valence electrons. The van der Waals surface area contributed by atoms with E-state index in [1.165, 1.54) is 13.2 Å². The van der Waals surface area contributed by atoms with Crippen LogP contribution in [0.1, 0.15) is 13.8 Å². The van der Waals surface area contributed by atoms with E-state index in [4.69, 9.17) is 21.1 Å². The standard InChI is InChI=1S/C19H23ClN2O5S/c1-13(2)27-16-8-6-15(7-9-16)21-19(23)12-22(28(4,24)25)17-11-14(20)5-10-18(17)26-3/h5-11,13H,12H2,1-4H3,(H,21,23). The summed E-state index contributed by atoms with van der Waals surface area (Å²) >= 11 is 6.00. The molecule has 0 fully saturated rings. The largest absolute Gasteiger partial charge is 0.495 e. The van der Waals surface area contributed by atoms with Crippen molar-refractivity contribution in [3.8, 4) is 11.5 Å². The number of halogens is 1. The lowest BCUT2D eigenvalue weighted by molar-refractivity contribution is -0.114. The number of carbonyl (C=O) groups is 1. The lowest BCUT2D eigenvalue weighted by atomic mass is 10.2. The number of ether oxygens (including phenoxy) is 2. The Hall–Kier alpha value is -2.45. The Labute approximate surface area is 170 Å². The third-order valence-corrected chi connectivity index (χ3v) is 4.97. The van der Waals surface area contributed by atoms with Crippen molar-refractivity contribution in [2.45, 2.75) is 20.0 Å². The van der Waals surface area contributed by atoms with Crippen LogP contribution >= 0.6 is 11.6 Å². The van der Waals surface area contributed by atoms with Crippen molar-refractivity contribution < 1.29 is 22.7 Å². The van der Waals surface area contributed by atoms with Crippen molar-refractivity contribution in [3.63, 3.8) is 0 Å². The fourth-order valence-electron chi connectivity index (χ4n) is 2.46. The molecule has 0 bridgehead atoms. The van der Waals surface area contributed by atoms with Crippen LogP contribution in [0.25, 0.3) is 0 Å². The van der Waals surface area contributed by atoms with Gasteiger partial charge in [0, 0.05) is 10.7 Å². The van der Waals surface area contributed by atoms with Gasteiger partial charge in [-0.15, -0.1) is 0 Å². The van der Waals surface area contributed by atoms with Gasteiger partial charge in [-0.25, -0.2) is 8.42 Å². The molecule has 0 saturated heterocycles. The molecule has 0 radical (unpaired) electrons. The predicted molar refractivity (Wildman–Crippen MR) is 111 cm³/mol. The Bertz CT molecular complexity index is 930. The molecule has 0 spiro atoms. The van der Waals surface area contributed by atoms with Crippen LogP contribution in [-0.2, 0) is 14.8 Å². The summed E-state index contributed by atoms with van der Waals surface area (Å²) < 4.78 is 36.3. The molecule has 2 rings (SSSR count). The first kappa shape index (κ1) is 21.8. The Morgan fingerprint density at radius 1 is 1.18 bits per heavy atom. The molecule has 2 aromatic rings. The van der Waals surface area contributed by atoms with Gasteiger partial charge >= 0.3 is 0 Å². The van der Waals surface area contributed by atoms with Crippen molar-refractivity contribution in [2.75, 3.05) is 29.5 Å². The minimum Gasteiger partial charge on any atom is -0.495 e. The molecular weight excluding hydrogens is 404 g/mol. The minimum absolute atomic E-state index is 0.0384. The van der Waals surface area contributed by atoms with E-state index < -0.39 is 22.5 Å². The van der Waals surface area contributed by atoms with Gasteiger partial charge in [0.25, 0.3) is 0 Å². The van der Waals surface area contributed by atoms with Crippen LogP contribution in [-0.4, -0.2) is 40.3 Å². The van der Waals surface area contributed by atoms with Gasteiger partial charge < -0.3 is 14.8 Å². The summed E-state index contributed by atoms with van der Waals surface area (Å²) in [4.78, 5) is 12.5. The van der Waals surface area contributed by atoms with Gasteiger partial charge in [-0.3, -0.25) is 9.10 Å². The molecule has 1 N–H and O–H groups in total. The summed E-state index contributed by atoms with van der Waals surface area (Å²) in [5, 5.41) is 3.00. The van der Waals surface area contributed by atoms with E-state index in [1.54, 1.807) is 36.4 Å². The zero-order chi connectivity index (χ0) is 20.9. The molecule has 0 saturated carbocycles. The van der Waals surface area contributed by atoms with Gasteiger partial charge in [-0.2, -0.15) is 0 Å². The van der Waals surface area contributed by atoms with E-state index in [9.17, 15) is 13.2 Å². The molecule has 28 heavy (non-hydrogen) atoms. The fourth-order valence-corrected chi connectivity index (χ4v) is 3.48. The number of hydrogen-bond donors (Lipinski definition) is 1. The van der Waals surface area contributed by atoms with Crippen LogP contribution in [0.5, 0.6) is 11.5 Å². The highest BCUT2D eigenvalue weighted by molar-refractivity contribution is 7.92. The molecule has 0 atom stereocenters. The molecule has 7 nitrogen and oxygen atoms in total. The van der Waals surface area contributed by atoms with Crippen LogP contribution in [0.3, 0.4) is 0 Å². The molecular formula is C19H23ClN2O5S. The Balaban J connectivity index is 2.20. The van der Waals surface area contributed by atoms with Crippen molar-refractivity contribution >= 4 is 38.9 Å². The average molecular weight is 427 g/mol. The third-order valence-electron chi connectivity index (χ3n) is 3.61. The van der Waals surface area contributed by atoms with Crippen molar-refractivity contribution in [2.24, 2.45) is 0 Å². The smallest absolute Gasteiger partial charge is 0.245 e. The first-order valence-corrected chi connectivity index (χ1v) is 10.7. The SMILES string of the molecule is COc1ccc(Cl)cc1N(CC(=O)Nc1ccc(OC(C)C)cc1)S(C)(=O)=O. The van der Waals surface area contributed by atoms with E-state index in [-0.39, 0.29) is 17.5 Å². The van der Waals surface area contributed by atoms with E-state index in [0.29, 0.717) is 16.5 Å². The highest BCUT2D eigenvalue weighted by Crippen LogP contribution is 2.32. The first-order chi connectivity index (χ1) is 13.1. The number of carbonyl (C=O) groups excluding carboxylic acids is 1. The molecule has 1 amide bonds. The van der Waals surface area contributed by atoms with Crippen LogP contribution < -0.4 is 19.1 Å². The summed E-state index contributed by atoms with van der Waals surface area (Å²) in [6.07, 6.45) is 1.05. The van der Waals surface area contributed by atoms with Crippen LogP contribution in [0.15, 0.2) is 42.5 Å². The molecule has 0 aliphatic rings. The fraction of sp³-hybridized carbons (Fsp3) is 0.316. The summed E-state index contributed by atoms with van der Waals surface area (Å²) in [5.74, 6) is 0.456. The van der Waals surface area contributed by atoms with Gasteiger partial charge in [0.1, 0.15) is 18.0 Å². The molecule has 0 aromatic heterocycles. The van der Waals surface area contributed by atoms with Gasteiger partial charge in [0.2, 0.25) is 15.9 Å². The predicted octanol–water partition coefficient (Wildman–Crippen LogP) is 3.54. The zero-order valence-electron chi connectivity index (χ0n) is 16.1. The monoisotopic (exact) mass is 426 g/mol. The van der Waals surface area contributed by atoms with Gasteiger partial charge in [-0.1, -0.05) is 11.6 Å². The van der Waals surface area contributed by atoms with Crippen molar-refractivity contribution in [1.82, 2.24) is 0 Å². The quantitative estimate of drug-likeness (QED) is 0.697. The third kappa shape index (κ3) is 6.03. The number of nitrogens with zero attached hydrogens (tertiary/aromatic N) is 1. The van der Waals surface area contributed by atoms with Gasteiger partial charge in [0.05, 0.1) is 25.2 Å². The lowest BCUT2D eigenvalue weighted by Crippen LogP contribution is -2.37. The molecule has 0 aliphatic heterocycles. The second-order valence-corrected chi connectivity index (χ2v) is 8.67. The second-order valence-electron chi connectivity index (χ2n) is 6.32. The van der Waals surface area contributed by atoms with Gasteiger partial charge in [0.15, 0.2) is 0 Å². The average Bonchev–Trinajstić information content (AvgIpc) is 2.60. The highest BCUT2D eigenvalue weighted by atomic mass is 35.5. The number of sulfonamides is 1. The summed E-state index contributed by atoms with van der Waals surface area (Å²) in [7, 11) is -2.35. The molecule has 0 unspecified atom stereocenters. The van der Waals surface area contributed by atoms with Crippen LogP contribution in [0.4, 0.5) is 11.4 Å². The van der Waals surface area contributed by atoms with Crippen LogP contribution in [0, 0.1) is 0 Å². The van der Waals surface area contributed by atoms with E-state index in [0.717, 1.165) is 10.6 Å². The number of rotatable bonds is 8. The maximum Gasteiger partial charge on any atom is 0.245 e. The number of amides is 1. The maximum absolute atomic E-state index is 12.5. The second kappa shape index (κ2) is 9.16. The summed E-state index contributed by atoms with van der Waals surface area (Å²) in [6.45, 7) is 3.40. The normalized spacial score (nSPS) is 11.2. The highest BCUT2D eigenvalue weighted by Gasteiger charge is 2.24. The molecule has 0 heterocycles. The number of hydrogen-bond acceptors (Lipinski definition) is 5. The summed E-state index contributed by atoms with van der Waals surface area (Å²) in [5.41, 5.74) is 0.709. The Morgan fingerprint density at radius 2 is 1.82 bits per heavy atom. The van der Waals surface area contributed by atoms with Crippen molar-refractivity contribution in [3.05, 3.63) is 47.5 Å². The number of anilines is 2. The van der Waals surface area contributed by atoms with Crippen LogP contribution in [0.2, 0.25) is 5.02 Å². The summed E-state index contributed by atoms with van der Waals surface area (Å²) in [6, 6.07) is 11.4. The number of benzene rings is 2. The zero-order valence-corrected chi connectivity index (χ0v) is 17.7. The van der Waals surface area contributed by atoms with Crippen molar-refractivity contribution in [1.29, 1.82) is 0 Å². The molecule has 0 aliphatic carbocycles. The van der Waals surface area contributed by atoms with Gasteiger partial charge in [-0.05, 0) is 56.3 Å². The Morgan fingerprint density at radius 3 is 2.36 bits per heavy atom. The maximum atomic E-state index is 12.5. The molecule has 2 aromatic carbocycles.